The average Bonchev–Trinajstić information content (AvgIpc) is 2.33. The summed E-state index contributed by atoms with van der Waals surface area (Å²) in [5, 5.41) is 13.5. The van der Waals surface area contributed by atoms with Crippen LogP contribution in [0.25, 0.3) is 0 Å². The van der Waals surface area contributed by atoms with Gasteiger partial charge in [-0.15, -0.1) is 0 Å². The van der Waals surface area contributed by atoms with Crippen LogP contribution in [0, 0.1) is 6.92 Å². The van der Waals surface area contributed by atoms with Gasteiger partial charge in [-0.3, -0.25) is 4.79 Å². The van der Waals surface area contributed by atoms with Crippen molar-refractivity contribution in [1.29, 1.82) is 0 Å². The monoisotopic (exact) mass is 313 g/mol. The molecule has 1 aromatic carbocycles. The number of alkyl halides is 1. The zero-order valence-electron chi connectivity index (χ0n) is 10.7. The maximum Gasteiger partial charge on any atom is 0.255 e. The first-order chi connectivity index (χ1) is 8.65. The molecular weight excluding hydrogens is 294 g/mol. The Hall–Kier alpha value is -1.03. The lowest BCUT2D eigenvalue weighted by atomic mass is 10.1. The standard InChI is InChI=1S/C14H20BrNO2/c1-11-6-7-12(13(17)10-11)14(18)16-9-5-3-2-4-8-15/h6-7,10,17H,2-5,8-9H2,1H3,(H,16,18). The Morgan fingerprint density at radius 1 is 1.28 bits per heavy atom. The number of unbranched alkanes of at least 4 members (excludes halogenated alkanes) is 3. The van der Waals surface area contributed by atoms with Crippen molar-refractivity contribution in [3.63, 3.8) is 0 Å². The predicted molar refractivity (Wildman–Crippen MR) is 77.4 cm³/mol. The molecule has 0 saturated heterocycles. The molecule has 0 atom stereocenters. The number of carbonyl (C=O) groups is 1. The largest absolute Gasteiger partial charge is 0.507 e. The van der Waals surface area contributed by atoms with Crippen molar-refractivity contribution in [2.45, 2.75) is 32.6 Å². The number of amides is 1. The van der Waals surface area contributed by atoms with Gasteiger partial charge in [-0.1, -0.05) is 34.8 Å². The van der Waals surface area contributed by atoms with Crippen LogP contribution in [-0.2, 0) is 0 Å². The second-order valence-electron chi connectivity index (χ2n) is 4.38. The Labute approximate surface area is 117 Å². The molecule has 1 amide bonds. The van der Waals surface area contributed by atoms with Crippen molar-refractivity contribution in [3.8, 4) is 5.75 Å². The van der Waals surface area contributed by atoms with E-state index >= 15 is 0 Å². The average molecular weight is 314 g/mol. The number of halogens is 1. The van der Waals surface area contributed by atoms with Crippen molar-refractivity contribution >= 4 is 21.8 Å². The van der Waals surface area contributed by atoms with Crippen molar-refractivity contribution in [2.75, 3.05) is 11.9 Å². The Morgan fingerprint density at radius 3 is 2.67 bits per heavy atom. The first-order valence-corrected chi connectivity index (χ1v) is 7.41. The van der Waals surface area contributed by atoms with Gasteiger partial charge in [-0.2, -0.15) is 0 Å². The number of hydrogen-bond donors (Lipinski definition) is 2. The van der Waals surface area contributed by atoms with Crippen LogP contribution in [0.2, 0.25) is 0 Å². The van der Waals surface area contributed by atoms with E-state index in [-0.39, 0.29) is 11.7 Å². The van der Waals surface area contributed by atoms with Gasteiger partial charge in [0.05, 0.1) is 5.56 Å². The highest BCUT2D eigenvalue weighted by atomic mass is 79.9. The van der Waals surface area contributed by atoms with Crippen molar-refractivity contribution < 1.29 is 9.90 Å². The summed E-state index contributed by atoms with van der Waals surface area (Å²) in [5.41, 5.74) is 1.29. The minimum atomic E-state index is -0.201. The van der Waals surface area contributed by atoms with Gasteiger partial charge in [0.2, 0.25) is 0 Å². The first kappa shape index (κ1) is 15.0. The SMILES string of the molecule is Cc1ccc(C(=O)NCCCCCCBr)c(O)c1. The molecule has 18 heavy (non-hydrogen) atoms. The lowest BCUT2D eigenvalue weighted by molar-refractivity contribution is 0.0950. The molecule has 0 saturated carbocycles. The van der Waals surface area contributed by atoms with E-state index in [9.17, 15) is 9.90 Å². The molecule has 100 valence electrons. The van der Waals surface area contributed by atoms with E-state index in [1.165, 1.54) is 12.8 Å². The highest BCUT2D eigenvalue weighted by Crippen LogP contribution is 2.18. The van der Waals surface area contributed by atoms with E-state index in [1.807, 2.05) is 13.0 Å². The zero-order valence-corrected chi connectivity index (χ0v) is 12.3. The molecule has 0 aliphatic carbocycles. The lowest BCUT2D eigenvalue weighted by Crippen LogP contribution is -2.24. The van der Waals surface area contributed by atoms with Crippen LogP contribution >= 0.6 is 15.9 Å². The maximum absolute atomic E-state index is 11.8. The summed E-state index contributed by atoms with van der Waals surface area (Å²) in [4.78, 5) is 11.8. The molecule has 4 heteroatoms. The van der Waals surface area contributed by atoms with Crippen LogP contribution in [0.15, 0.2) is 18.2 Å². The van der Waals surface area contributed by atoms with E-state index in [4.69, 9.17) is 0 Å². The third-order valence-electron chi connectivity index (χ3n) is 2.74. The number of hydrogen-bond acceptors (Lipinski definition) is 2. The number of rotatable bonds is 7. The van der Waals surface area contributed by atoms with E-state index in [1.54, 1.807) is 12.1 Å². The molecule has 0 fully saturated rings. The van der Waals surface area contributed by atoms with Gasteiger partial charge >= 0.3 is 0 Å². The maximum atomic E-state index is 11.8. The van der Waals surface area contributed by atoms with Crippen LogP contribution in [0.1, 0.15) is 41.6 Å². The number of benzene rings is 1. The molecule has 1 aromatic rings. The number of phenolic OH excluding ortho intramolecular Hbond substituents is 1. The Kier molecular flexibility index (Phi) is 6.80. The zero-order chi connectivity index (χ0) is 13.4. The number of carbonyl (C=O) groups excluding carboxylic acids is 1. The summed E-state index contributed by atoms with van der Waals surface area (Å²) >= 11 is 3.39. The van der Waals surface area contributed by atoms with Gasteiger partial charge in [-0.05, 0) is 37.5 Å². The normalized spacial score (nSPS) is 10.3. The third kappa shape index (κ3) is 5.08. The van der Waals surface area contributed by atoms with Crippen LogP contribution in [0.5, 0.6) is 5.75 Å². The van der Waals surface area contributed by atoms with Crippen molar-refractivity contribution in [2.24, 2.45) is 0 Å². The minimum Gasteiger partial charge on any atom is -0.507 e. The summed E-state index contributed by atoms with van der Waals surface area (Å²) in [7, 11) is 0. The van der Waals surface area contributed by atoms with Crippen LogP contribution in [-0.4, -0.2) is 22.9 Å². The summed E-state index contributed by atoms with van der Waals surface area (Å²) < 4.78 is 0. The van der Waals surface area contributed by atoms with E-state index < -0.39 is 0 Å². The Morgan fingerprint density at radius 2 is 2.00 bits per heavy atom. The molecule has 3 nitrogen and oxygen atoms in total. The van der Waals surface area contributed by atoms with Crippen molar-refractivity contribution in [3.05, 3.63) is 29.3 Å². The van der Waals surface area contributed by atoms with Gasteiger partial charge in [0.1, 0.15) is 5.75 Å². The number of aromatic hydroxyl groups is 1. The number of nitrogens with one attached hydrogen (secondary N) is 1. The fraction of sp³-hybridized carbons (Fsp3) is 0.500. The van der Waals surface area contributed by atoms with Crippen LogP contribution in [0.4, 0.5) is 0 Å². The fourth-order valence-corrected chi connectivity index (χ4v) is 2.10. The number of phenols is 1. The lowest BCUT2D eigenvalue weighted by Gasteiger charge is -2.07. The molecule has 0 aliphatic rings. The third-order valence-corrected chi connectivity index (χ3v) is 3.30. The van der Waals surface area contributed by atoms with E-state index in [0.717, 1.165) is 23.7 Å². The van der Waals surface area contributed by atoms with E-state index in [2.05, 4.69) is 21.2 Å². The first-order valence-electron chi connectivity index (χ1n) is 6.29. The molecule has 0 spiro atoms. The highest BCUT2D eigenvalue weighted by molar-refractivity contribution is 9.09. The summed E-state index contributed by atoms with van der Waals surface area (Å²) in [5.74, 6) is -0.153. The topological polar surface area (TPSA) is 49.3 Å². The molecular formula is C14H20BrNO2. The predicted octanol–water partition coefficient (Wildman–Crippen LogP) is 3.39. The molecule has 0 bridgehead atoms. The quantitative estimate of drug-likeness (QED) is 0.599. The number of aryl methyl sites for hydroxylation is 1. The molecule has 0 unspecified atom stereocenters. The fourth-order valence-electron chi connectivity index (χ4n) is 1.70. The van der Waals surface area contributed by atoms with Gasteiger partial charge < -0.3 is 10.4 Å². The molecule has 0 aromatic heterocycles. The van der Waals surface area contributed by atoms with Gasteiger partial charge in [0.15, 0.2) is 0 Å². The summed E-state index contributed by atoms with van der Waals surface area (Å²) in [6.07, 6.45) is 4.45. The summed E-state index contributed by atoms with van der Waals surface area (Å²) in [6, 6.07) is 5.08. The van der Waals surface area contributed by atoms with Gasteiger partial charge in [-0.25, -0.2) is 0 Å². The molecule has 1 rings (SSSR count). The second-order valence-corrected chi connectivity index (χ2v) is 5.17. The van der Waals surface area contributed by atoms with E-state index in [0.29, 0.717) is 12.1 Å². The summed E-state index contributed by atoms with van der Waals surface area (Å²) in [6.45, 7) is 2.54. The second kappa shape index (κ2) is 8.14. The minimum absolute atomic E-state index is 0.0480. The molecule has 0 heterocycles. The molecule has 0 radical (unpaired) electrons. The van der Waals surface area contributed by atoms with Crippen LogP contribution < -0.4 is 5.32 Å². The molecule has 2 N–H and O–H groups in total. The van der Waals surface area contributed by atoms with Gasteiger partial charge in [0, 0.05) is 11.9 Å². The Balaban J connectivity index is 2.32. The van der Waals surface area contributed by atoms with Crippen LogP contribution in [0.3, 0.4) is 0 Å². The van der Waals surface area contributed by atoms with Crippen molar-refractivity contribution in [1.82, 2.24) is 5.32 Å². The smallest absolute Gasteiger partial charge is 0.255 e. The highest BCUT2D eigenvalue weighted by Gasteiger charge is 2.09. The molecule has 0 aliphatic heterocycles. The van der Waals surface area contributed by atoms with Gasteiger partial charge in [0.25, 0.3) is 5.91 Å². The Bertz CT molecular complexity index is 393.